The quantitative estimate of drug-likeness (QED) is 0.181. The molecule has 2 fully saturated rings. The fourth-order valence-electron chi connectivity index (χ4n) is 8.79. The van der Waals surface area contributed by atoms with Gasteiger partial charge >= 0.3 is 0 Å². The molecule has 0 radical (unpaired) electrons. The molecule has 2 saturated carbocycles. The predicted octanol–water partition coefficient (Wildman–Crippen LogP) is 11.8. The van der Waals surface area contributed by atoms with Crippen molar-refractivity contribution in [3.05, 3.63) is 106 Å². The molecule has 4 nitrogen and oxygen atoms in total. The van der Waals surface area contributed by atoms with E-state index in [2.05, 4.69) is 58.9 Å². The minimum absolute atomic E-state index is 0.0552. The van der Waals surface area contributed by atoms with Crippen molar-refractivity contribution in [3.8, 4) is 23.0 Å². The van der Waals surface area contributed by atoms with E-state index in [4.69, 9.17) is 20.9 Å². The molecule has 0 amide bonds. The first-order valence-electron chi connectivity index (χ1n) is 18.0. The number of nitrogens with two attached hydrogens (primary N) is 2. The van der Waals surface area contributed by atoms with Crippen molar-refractivity contribution < 1.29 is 9.47 Å². The standard InChI is InChI=1S/C43H54N2O2/c1-6-7-32-8-10-33(11-9-32)34-20-22-43(23-21-34,35-24-28(2)41(29(3)25-35)46-39-16-12-37(44)13-17-39)36-26-30(4)42(31(5)27-36)47-40-18-14-38(45)15-19-40/h12-19,24-27,32-34H,6-11,20-23,44-45H2,1-5H3. The van der Waals surface area contributed by atoms with E-state index >= 15 is 0 Å². The number of anilines is 2. The summed E-state index contributed by atoms with van der Waals surface area (Å²) < 4.78 is 12.9. The van der Waals surface area contributed by atoms with E-state index in [-0.39, 0.29) is 5.41 Å². The first-order chi connectivity index (χ1) is 22.6. The van der Waals surface area contributed by atoms with Gasteiger partial charge in [-0.05, 0) is 166 Å². The molecule has 4 aromatic carbocycles. The van der Waals surface area contributed by atoms with E-state index in [9.17, 15) is 0 Å². The molecular formula is C43H54N2O2. The molecule has 0 spiro atoms. The van der Waals surface area contributed by atoms with Gasteiger partial charge in [0.15, 0.2) is 0 Å². The van der Waals surface area contributed by atoms with Crippen molar-refractivity contribution in [2.45, 2.75) is 104 Å². The van der Waals surface area contributed by atoms with Gasteiger partial charge in [0, 0.05) is 16.8 Å². The number of rotatable bonds is 9. The highest BCUT2D eigenvalue weighted by Gasteiger charge is 2.42. The summed E-state index contributed by atoms with van der Waals surface area (Å²) in [6.45, 7) is 11.1. The lowest BCUT2D eigenvalue weighted by molar-refractivity contribution is 0.140. The Hall–Kier alpha value is -3.92. The van der Waals surface area contributed by atoms with Gasteiger partial charge in [-0.15, -0.1) is 0 Å². The first kappa shape index (κ1) is 33.0. The fourth-order valence-corrected chi connectivity index (χ4v) is 8.79. The van der Waals surface area contributed by atoms with Crippen LogP contribution in [-0.4, -0.2) is 0 Å². The van der Waals surface area contributed by atoms with Gasteiger partial charge in [0.1, 0.15) is 23.0 Å². The number of hydrogen-bond acceptors (Lipinski definition) is 4. The number of hydrogen-bond donors (Lipinski definition) is 2. The molecule has 4 aromatic rings. The normalized spacial score (nSPS) is 19.8. The monoisotopic (exact) mass is 630 g/mol. The number of benzene rings is 4. The zero-order valence-electron chi connectivity index (χ0n) is 29.2. The van der Waals surface area contributed by atoms with Crippen LogP contribution in [0, 0.1) is 45.4 Å². The van der Waals surface area contributed by atoms with Crippen LogP contribution in [0.1, 0.15) is 105 Å². The number of aryl methyl sites for hydroxylation is 4. The molecule has 0 heterocycles. The molecule has 0 atom stereocenters. The Labute approximate surface area is 282 Å². The first-order valence-corrected chi connectivity index (χ1v) is 18.0. The summed E-state index contributed by atoms with van der Waals surface area (Å²) in [5, 5.41) is 0. The third-order valence-electron chi connectivity index (χ3n) is 11.4. The van der Waals surface area contributed by atoms with Crippen LogP contribution >= 0.6 is 0 Å². The highest BCUT2D eigenvalue weighted by Crippen LogP contribution is 2.52. The van der Waals surface area contributed by atoms with Gasteiger partial charge in [0.25, 0.3) is 0 Å². The van der Waals surface area contributed by atoms with Crippen molar-refractivity contribution in [2.75, 3.05) is 11.5 Å². The van der Waals surface area contributed by atoms with Crippen LogP contribution in [-0.2, 0) is 5.41 Å². The second-order valence-electron chi connectivity index (χ2n) is 14.7. The minimum atomic E-state index is -0.0552. The Morgan fingerprint density at radius 2 is 0.957 bits per heavy atom. The van der Waals surface area contributed by atoms with E-state index in [0.717, 1.165) is 52.1 Å². The molecule has 4 heteroatoms. The molecule has 0 aromatic heterocycles. The smallest absolute Gasteiger partial charge is 0.133 e. The molecule has 0 unspecified atom stereocenters. The maximum absolute atomic E-state index is 6.44. The average molecular weight is 631 g/mol. The Balaban J connectivity index is 1.33. The number of ether oxygens (including phenoxy) is 2. The Morgan fingerprint density at radius 1 is 0.574 bits per heavy atom. The van der Waals surface area contributed by atoms with Crippen molar-refractivity contribution >= 4 is 11.4 Å². The molecule has 47 heavy (non-hydrogen) atoms. The van der Waals surface area contributed by atoms with E-state index in [1.807, 2.05) is 48.5 Å². The van der Waals surface area contributed by atoms with Gasteiger partial charge in [-0.2, -0.15) is 0 Å². The summed E-state index contributed by atoms with van der Waals surface area (Å²) in [7, 11) is 0. The minimum Gasteiger partial charge on any atom is -0.457 e. The van der Waals surface area contributed by atoms with E-state index < -0.39 is 0 Å². The van der Waals surface area contributed by atoms with Crippen LogP contribution < -0.4 is 20.9 Å². The third kappa shape index (κ3) is 7.17. The molecule has 0 aliphatic heterocycles. The fraction of sp³-hybridized carbons (Fsp3) is 0.442. The molecule has 2 aliphatic carbocycles. The Bertz CT molecular complexity index is 1510. The van der Waals surface area contributed by atoms with Crippen molar-refractivity contribution in [1.82, 2.24) is 0 Å². The molecule has 0 bridgehead atoms. The topological polar surface area (TPSA) is 70.5 Å². The lowest BCUT2D eigenvalue weighted by Crippen LogP contribution is -2.36. The Morgan fingerprint density at radius 3 is 1.34 bits per heavy atom. The van der Waals surface area contributed by atoms with E-state index in [1.165, 1.54) is 97.6 Å². The largest absolute Gasteiger partial charge is 0.457 e. The second-order valence-corrected chi connectivity index (χ2v) is 14.7. The van der Waals surface area contributed by atoms with Gasteiger partial charge < -0.3 is 20.9 Å². The zero-order chi connectivity index (χ0) is 33.1. The van der Waals surface area contributed by atoms with Gasteiger partial charge in [-0.25, -0.2) is 0 Å². The number of nitrogen functional groups attached to an aromatic ring is 2. The van der Waals surface area contributed by atoms with Crippen LogP contribution in [0.5, 0.6) is 23.0 Å². The van der Waals surface area contributed by atoms with Crippen LogP contribution in [0.15, 0.2) is 72.8 Å². The predicted molar refractivity (Wildman–Crippen MR) is 197 cm³/mol. The summed E-state index contributed by atoms with van der Waals surface area (Å²) in [5.74, 6) is 6.17. The Kier molecular flexibility index (Phi) is 9.87. The van der Waals surface area contributed by atoms with Crippen LogP contribution in [0.3, 0.4) is 0 Å². The van der Waals surface area contributed by atoms with Gasteiger partial charge in [0.05, 0.1) is 0 Å². The third-order valence-corrected chi connectivity index (χ3v) is 11.4. The van der Waals surface area contributed by atoms with Gasteiger partial charge in [-0.1, -0.05) is 56.9 Å². The molecule has 0 saturated heterocycles. The van der Waals surface area contributed by atoms with Gasteiger partial charge in [0.2, 0.25) is 0 Å². The highest BCUT2D eigenvalue weighted by atomic mass is 16.5. The summed E-state index contributed by atoms with van der Waals surface area (Å²) in [4.78, 5) is 0. The van der Waals surface area contributed by atoms with Crippen molar-refractivity contribution in [3.63, 3.8) is 0 Å². The van der Waals surface area contributed by atoms with Crippen molar-refractivity contribution in [2.24, 2.45) is 17.8 Å². The van der Waals surface area contributed by atoms with E-state index in [1.54, 1.807) is 0 Å². The summed E-state index contributed by atoms with van der Waals surface area (Å²) in [6.07, 6.45) is 13.4. The molecular weight excluding hydrogens is 576 g/mol. The average Bonchev–Trinajstić information content (AvgIpc) is 3.06. The molecule has 2 aliphatic rings. The molecule has 4 N–H and O–H groups in total. The molecule has 248 valence electrons. The summed E-state index contributed by atoms with van der Waals surface area (Å²) in [6, 6.07) is 25.0. The lowest BCUT2D eigenvalue weighted by atomic mass is 9.59. The summed E-state index contributed by atoms with van der Waals surface area (Å²) >= 11 is 0. The highest BCUT2D eigenvalue weighted by molar-refractivity contribution is 5.55. The zero-order valence-corrected chi connectivity index (χ0v) is 29.2. The lowest BCUT2D eigenvalue weighted by Gasteiger charge is -2.45. The van der Waals surface area contributed by atoms with E-state index in [0.29, 0.717) is 0 Å². The SMILES string of the molecule is CCCC1CCC(C2CCC(c3cc(C)c(Oc4ccc(N)cc4)c(C)c3)(c3cc(C)c(Oc4ccc(N)cc4)c(C)c3)CC2)CC1. The van der Waals surface area contributed by atoms with Crippen LogP contribution in [0.25, 0.3) is 0 Å². The maximum Gasteiger partial charge on any atom is 0.133 e. The maximum atomic E-state index is 6.44. The van der Waals surface area contributed by atoms with Crippen molar-refractivity contribution in [1.29, 1.82) is 0 Å². The van der Waals surface area contributed by atoms with Gasteiger partial charge in [-0.3, -0.25) is 0 Å². The van der Waals surface area contributed by atoms with Crippen LogP contribution in [0.2, 0.25) is 0 Å². The second kappa shape index (κ2) is 14.1. The van der Waals surface area contributed by atoms with Crippen LogP contribution in [0.4, 0.5) is 11.4 Å². The summed E-state index contributed by atoms with van der Waals surface area (Å²) in [5.41, 5.74) is 20.8. The molecule has 6 rings (SSSR count).